The number of halogens is 1. The average Bonchev–Trinajstić information content (AvgIpc) is 2.70. The van der Waals surface area contributed by atoms with E-state index in [1.807, 2.05) is 30.3 Å². The summed E-state index contributed by atoms with van der Waals surface area (Å²) in [6.07, 6.45) is 0. The molecule has 0 unspecified atom stereocenters. The number of rotatable bonds is 7. The molecule has 11 heteroatoms. The van der Waals surface area contributed by atoms with E-state index < -0.39 is 31.1 Å². The summed E-state index contributed by atoms with van der Waals surface area (Å²) in [5, 5.41) is 15.0. The van der Waals surface area contributed by atoms with E-state index in [1.54, 1.807) is 6.07 Å². The third kappa shape index (κ3) is 4.86. The van der Waals surface area contributed by atoms with Crippen LogP contribution in [0.4, 0.5) is 5.69 Å². The van der Waals surface area contributed by atoms with Crippen molar-refractivity contribution >= 4 is 27.3 Å². The second-order valence-electron chi connectivity index (χ2n) is 5.92. The normalized spacial score (nSPS) is 11.3. The molecule has 0 atom stereocenters. The largest absolute Gasteiger partial charge is 0.270 e. The molecule has 0 bridgehead atoms. The van der Waals surface area contributed by atoms with Crippen LogP contribution >= 0.6 is 11.6 Å². The first kappa shape index (κ1) is 20.6. The molecule has 0 fully saturated rings. The van der Waals surface area contributed by atoms with Crippen LogP contribution in [-0.4, -0.2) is 29.7 Å². The van der Waals surface area contributed by atoms with E-state index in [0.29, 0.717) is 5.69 Å². The van der Waals surface area contributed by atoms with Gasteiger partial charge in [-0.25, -0.2) is 17.8 Å². The Morgan fingerprint density at radius 1 is 1.10 bits per heavy atom. The van der Waals surface area contributed by atoms with E-state index in [-0.39, 0.29) is 18.1 Å². The van der Waals surface area contributed by atoms with Crippen molar-refractivity contribution in [2.45, 2.75) is 11.4 Å². The maximum Gasteiger partial charge on any atom is 0.270 e. The zero-order chi connectivity index (χ0) is 21.0. The molecule has 1 aromatic heterocycles. The molecular formula is C18H15ClN4O5S. The quantitative estimate of drug-likeness (QED) is 0.450. The van der Waals surface area contributed by atoms with Gasteiger partial charge in [0.25, 0.3) is 11.2 Å². The third-order valence-electron chi connectivity index (χ3n) is 3.97. The Morgan fingerprint density at radius 2 is 1.83 bits per heavy atom. The molecule has 29 heavy (non-hydrogen) atoms. The smallest absolute Gasteiger partial charge is 0.268 e. The lowest BCUT2D eigenvalue weighted by molar-refractivity contribution is -0.385. The van der Waals surface area contributed by atoms with Crippen LogP contribution in [0, 0.1) is 10.1 Å². The van der Waals surface area contributed by atoms with Crippen LogP contribution in [0.1, 0.15) is 0 Å². The number of nitrogens with zero attached hydrogens (tertiary/aromatic N) is 3. The van der Waals surface area contributed by atoms with E-state index in [0.717, 1.165) is 28.4 Å². The molecule has 150 valence electrons. The number of nitrogens with one attached hydrogen (secondary N) is 1. The number of nitro groups is 1. The third-order valence-corrected chi connectivity index (χ3v) is 5.91. The van der Waals surface area contributed by atoms with Gasteiger partial charge in [-0.05, 0) is 12.1 Å². The van der Waals surface area contributed by atoms with Gasteiger partial charge in [-0.15, -0.1) is 0 Å². The van der Waals surface area contributed by atoms with Gasteiger partial charge in [-0.2, -0.15) is 5.10 Å². The van der Waals surface area contributed by atoms with Crippen LogP contribution in [0.15, 0.2) is 70.4 Å². The number of hydrogen-bond acceptors (Lipinski definition) is 6. The van der Waals surface area contributed by atoms with Gasteiger partial charge in [0.2, 0.25) is 10.0 Å². The average molecular weight is 435 g/mol. The second kappa shape index (κ2) is 8.52. The van der Waals surface area contributed by atoms with Gasteiger partial charge in [0.1, 0.15) is 4.90 Å². The summed E-state index contributed by atoms with van der Waals surface area (Å²) in [5.74, 6) is 0. The molecule has 3 aromatic rings. The molecular weight excluding hydrogens is 420 g/mol. The Kier molecular flexibility index (Phi) is 6.06. The van der Waals surface area contributed by atoms with Crippen molar-refractivity contribution in [2.24, 2.45) is 0 Å². The Labute approximate surface area is 170 Å². The molecule has 0 amide bonds. The highest BCUT2D eigenvalue weighted by Crippen LogP contribution is 2.25. The highest BCUT2D eigenvalue weighted by atomic mass is 35.5. The SMILES string of the molecule is O=c1ccc(-c2ccccc2)nn1CCNS(=O)(=O)c1cc([N+](=O)[O-])ccc1Cl. The Bertz CT molecular complexity index is 1210. The van der Waals surface area contributed by atoms with Gasteiger partial charge in [-0.3, -0.25) is 14.9 Å². The first-order valence-electron chi connectivity index (χ1n) is 8.35. The topological polar surface area (TPSA) is 124 Å². The molecule has 0 radical (unpaired) electrons. The van der Waals surface area contributed by atoms with Crippen molar-refractivity contribution in [1.29, 1.82) is 0 Å². The molecule has 0 aliphatic carbocycles. The minimum atomic E-state index is -4.12. The number of aromatic nitrogens is 2. The number of non-ortho nitro benzene ring substituents is 1. The fourth-order valence-electron chi connectivity index (χ4n) is 2.55. The number of benzene rings is 2. The molecule has 0 aliphatic heterocycles. The van der Waals surface area contributed by atoms with Crippen molar-refractivity contribution in [3.8, 4) is 11.3 Å². The molecule has 0 spiro atoms. The van der Waals surface area contributed by atoms with E-state index in [1.165, 1.54) is 6.07 Å². The number of sulfonamides is 1. The van der Waals surface area contributed by atoms with Crippen molar-refractivity contribution in [2.75, 3.05) is 6.54 Å². The van der Waals surface area contributed by atoms with Crippen LogP contribution < -0.4 is 10.3 Å². The lowest BCUT2D eigenvalue weighted by Gasteiger charge is -2.10. The zero-order valence-electron chi connectivity index (χ0n) is 14.9. The summed E-state index contributed by atoms with van der Waals surface area (Å²) in [4.78, 5) is 21.8. The molecule has 2 aromatic carbocycles. The Balaban J connectivity index is 1.77. The van der Waals surface area contributed by atoms with Crippen molar-refractivity contribution in [1.82, 2.24) is 14.5 Å². The fourth-order valence-corrected chi connectivity index (χ4v) is 4.09. The molecule has 9 nitrogen and oxygen atoms in total. The predicted octanol–water partition coefficient (Wildman–Crippen LogP) is 2.45. The summed E-state index contributed by atoms with van der Waals surface area (Å²) in [5.41, 5.74) is 0.584. The maximum absolute atomic E-state index is 12.5. The van der Waals surface area contributed by atoms with E-state index in [2.05, 4.69) is 9.82 Å². The molecule has 0 aliphatic rings. The second-order valence-corrected chi connectivity index (χ2v) is 8.06. The monoisotopic (exact) mass is 434 g/mol. The van der Waals surface area contributed by atoms with E-state index >= 15 is 0 Å². The van der Waals surface area contributed by atoms with Crippen molar-refractivity contribution < 1.29 is 13.3 Å². The zero-order valence-corrected chi connectivity index (χ0v) is 16.4. The van der Waals surface area contributed by atoms with Gasteiger partial charge in [0.05, 0.1) is 22.2 Å². The van der Waals surface area contributed by atoms with E-state index in [9.17, 15) is 23.3 Å². The predicted molar refractivity (Wildman–Crippen MR) is 107 cm³/mol. The summed E-state index contributed by atoms with van der Waals surface area (Å²) in [7, 11) is -4.12. The molecule has 1 heterocycles. The highest BCUT2D eigenvalue weighted by Gasteiger charge is 2.21. The van der Waals surface area contributed by atoms with Crippen molar-refractivity contribution in [3.05, 3.63) is 86.2 Å². The molecule has 1 N–H and O–H groups in total. The van der Waals surface area contributed by atoms with Gasteiger partial charge < -0.3 is 0 Å². The molecule has 0 saturated heterocycles. The van der Waals surface area contributed by atoms with E-state index in [4.69, 9.17) is 11.6 Å². The Morgan fingerprint density at radius 3 is 2.52 bits per heavy atom. The standard InChI is InChI=1S/C18H15ClN4O5S/c19-15-7-6-14(23(25)26)12-17(15)29(27,28)20-10-11-22-18(24)9-8-16(21-22)13-4-2-1-3-5-13/h1-9,12,20H,10-11H2. The number of nitro benzene ring substituents is 1. The van der Waals surface area contributed by atoms with Crippen LogP contribution in [0.5, 0.6) is 0 Å². The fraction of sp³-hybridized carbons (Fsp3) is 0.111. The maximum atomic E-state index is 12.5. The molecule has 3 rings (SSSR count). The van der Waals surface area contributed by atoms with Crippen LogP contribution in [0.3, 0.4) is 0 Å². The lowest BCUT2D eigenvalue weighted by Crippen LogP contribution is -2.32. The summed E-state index contributed by atoms with van der Waals surface area (Å²) in [6.45, 7) is -0.197. The minimum Gasteiger partial charge on any atom is -0.268 e. The minimum absolute atomic E-state index is 0.0364. The summed E-state index contributed by atoms with van der Waals surface area (Å²) in [6, 6.07) is 15.3. The van der Waals surface area contributed by atoms with Gasteiger partial charge in [0, 0.05) is 30.3 Å². The highest BCUT2D eigenvalue weighted by molar-refractivity contribution is 7.89. The number of hydrogen-bond donors (Lipinski definition) is 1. The summed E-state index contributed by atoms with van der Waals surface area (Å²) < 4.78 is 28.4. The van der Waals surface area contributed by atoms with Crippen LogP contribution in [-0.2, 0) is 16.6 Å². The van der Waals surface area contributed by atoms with Crippen LogP contribution in [0.2, 0.25) is 5.02 Å². The van der Waals surface area contributed by atoms with Crippen molar-refractivity contribution in [3.63, 3.8) is 0 Å². The van der Waals surface area contributed by atoms with Gasteiger partial charge >= 0.3 is 0 Å². The lowest BCUT2D eigenvalue weighted by atomic mass is 10.1. The van der Waals surface area contributed by atoms with Crippen LogP contribution in [0.25, 0.3) is 11.3 Å². The molecule has 0 saturated carbocycles. The Hall–Kier alpha value is -3.08. The van der Waals surface area contributed by atoms with Gasteiger partial charge in [0.15, 0.2) is 0 Å². The first-order valence-corrected chi connectivity index (χ1v) is 10.2. The summed E-state index contributed by atoms with van der Waals surface area (Å²) >= 11 is 5.89. The first-order chi connectivity index (χ1) is 13.8. The van der Waals surface area contributed by atoms with Gasteiger partial charge in [-0.1, -0.05) is 41.9 Å².